The maximum Gasteiger partial charge on any atom is 0.243 e. The molecule has 0 bridgehead atoms. The molecule has 0 atom stereocenters. The van der Waals surface area contributed by atoms with Crippen LogP contribution in [0.4, 0.5) is 11.5 Å². The van der Waals surface area contributed by atoms with Gasteiger partial charge in [0.25, 0.3) is 0 Å². The minimum atomic E-state index is -0.312. The Morgan fingerprint density at radius 3 is 2.53 bits per heavy atom. The second kappa shape index (κ2) is 12.8. The third kappa shape index (κ3) is 6.47. The highest BCUT2D eigenvalue weighted by atomic mass is 16.5. The van der Waals surface area contributed by atoms with Gasteiger partial charge in [-0.15, -0.1) is 0 Å². The molecule has 8 heteroatoms. The molecule has 4 N–H and O–H groups in total. The number of rotatable bonds is 13. The standard InChI is InChI=1S/C28H34N6O2/c1-2-34(23-10-6-5-7-11-23)28-24-18-25(32-27(24)30-20-31-28)22-15-13-21(14-16-22)19-29-17-9-4-3-8-12-26(35)33-36/h5-7,10-11,13-16,18,20,29,36H,2-4,8-9,12,17,19H2,1H3,(H,33,35)(H,30,31,32). The Balaban J connectivity index is 1.34. The number of aromatic amines is 1. The molecule has 4 rings (SSSR count). The number of carbonyl (C=O) groups is 1. The Labute approximate surface area is 211 Å². The van der Waals surface area contributed by atoms with Crippen LogP contribution in [0.2, 0.25) is 0 Å². The van der Waals surface area contributed by atoms with Crippen LogP contribution in [0.15, 0.2) is 67.0 Å². The normalized spacial score (nSPS) is 11.1. The Kier molecular flexibility index (Phi) is 9.02. The number of benzene rings is 2. The molecule has 2 heterocycles. The topological polar surface area (TPSA) is 106 Å². The van der Waals surface area contributed by atoms with Gasteiger partial charge in [-0.05, 0) is 55.6 Å². The van der Waals surface area contributed by atoms with E-state index in [0.29, 0.717) is 6.42 Å². The van der Waals surface area contributed by atoms with Crippen LogP contribution in [0, 0.1) is 0 Å². The molecular formula is C28H34N6O2. The number of carbonyl (C=O) groups excluding carboxylic acids is 1. The van der Waals surface area contributed by atoms with Crippen molar-refractivity contribution in [1.82, 2.24) is 25.7 Å². The first kappa shape index (κ1) is 25.3. The van der Waals surface area contributed by atoms with Crippen LogP contribution in [0.3, 0.4) is 0 Å². The second-order valence-electron chi connectivity index (χ2n) is 8.80. The number of fused-ring (bicyclic) bond motifs is 1. The van der Waals surface area contributed by atoms with Gasteiger partial charge in [-0.25, -0.2) is 15.4 Å². The lowest BCUT2D eigenvalue weighted by atomic mass is 10.1. The highest BCUT2D eigenvalue weighted by molar-refractivity contribution is 5.93. The molecule has 2 aromatic heterocycles. The number of anilines is 2. The number of nitrogens with zero attached hydrogens (tertiary/aromatic N) is 3. The lowest BCUT2D eigenvalue weighted by Crippen LogP contribution is -2.17. The number of unbranched alkanes of at least 4 members (excludes halogenated alkanes) is 3. The summed E-state index contributed by atoms with van der Waals surface area (Å²) in [7, 11) is 0. The van der Waals surface area contributed by atoms with E-state index in [1.165, 1.54) is 5.56 Å². The summed E-state index contributed by atoms with van der Waals surface area (Å²) in [6.07, 6.45) is 5.92. The van der Waals surface area contributed by atoms with Gasteiger partial charge in [-0.2, -0.15) is 0 Å². The van der Waals surface area contributed by atoms with Crippen molar-refractivity contribution in [2.24, 2.45) is 0 Å². The van der Waals surface area contributed by atoms with Crippen LogP contribution in [-0.4, -0.2) is 39.2 Å². The van der Waals surface area contributed by atoms with Crippen LogP contribution >= 0.6 is 0 Å². The fraction of sp³-hybridized carbons (Fsp3) is 0.321. The van der Waals surface area contributed by atoms with E-state index in [9.17, 15) is 4.79 Å². The van der Waals surface area contributed by atoms with Crippen LogP contribution in [0.1, 0.15) is 44.6 Å². The zero-order valence-electron chi connectivity index (χ0n) is 20.7. The van der Waals surface area contributed by atoms with Gasteiger partial charge in [0.15, 0.2) is 0 Å². The summed E-state index contributed by atoms with van der Waals surface area (Å²) in [4.78, 5) is 25.7. The number of nitrogens with one attached hydrogen (secondary N) is 3. The van der Waals surface area contributed by atoms with Crippen molar-refractivity contribution in [3.63, 3.8) is 0 Å². The van der Waals surface area contributed by atoms with Crippen LogP contribution in [0.5, 0.6) is 0 Å². The average Bonchev–Trinajstić information content (AvgIpc) is 3.36. The van der Waals surface area contributed by atoms with E-state index < -0.39 is 0 Å². The van der Waals surface area contributed by atoms with Gasteiger partial charge in [0.2, 0.25) is 5.91 Å². The molecule has 8 nitrogen and oxygen atoms in total. The third-order valence-electron chi connectivity index (χ3n) is 6.27. The van der Waals surface area contributed by atoms with E-state index in [2.05, 4.69) is 74.6 Å². The molecule has 0 radical (unpaired) electrons. The molecule has 0 saturated carbocycles. The number of H-pyrrole nitrogens is 1. The largest absolute Gasteiger partial charge is 0.339 e. The zero-order chi connectivity index (χ0) is 25.2. The molecule has 0 unspecified atom stereocenters. The number of para-hydroxylation sites is 1. The van der Waals surface area contributed by atoms with Crippen molar-refractivity contribution in [3.8, 4) is 11.3 Å². The SMILES string of the molecule is CCN(c1ccccc1)c1ncnc2[nH]c(-c3ccc(CNCCCCCCC(=O)NO)cc3)cc12. The zero-order valence-corrected chi connectivity index (χ0v) is 20.7. The molecule has 2 aromatic carbocycles. The van der Waals surface area contributed by atoms with E-state index in [1.54, 1.807) is 11.8 Å². The van der Waals surface area contributed by atoms with E-state index >= 15 is 0 Å². The molecule has 0 aliphatic rings. The van der Waals surface area contributed by atoms with Crippen molar-refractivity contribution < 1.29 is 10.0 Å². The molecule has 188 valence electrons. The minimum Gasteiger partial charge on any atom is -0.339 e. The summed E-state index contributed by atoms with van der Waals surface area (Å²) in [6, 6.07) is 21.0. The molecule has 0 aliphatic carbocycles. The van der Waals surface area contributed by atoms with Gasteiger partial charge < -0.3 is 15.2 Å². The van der Waals surface area contributed by atoms with Crippen molar-refractivity contribution in [3.05, 3.63) is 72.6 Å². The third-order valence-corrected chi connectivity index (χ3v) is 6.27. The first-order valence-electron chi connectivity index (χ1n) is 12.6. The Bertz CT molecular complexity index is 1240. The van der Waals surface area contributed by atoms with Gasteiger partial charge >= 0.3 is 0 Å². The van der Waals surface area contributed by atoms with Crippen molar-refractivity contribution in [1.29, 1.82) is 0 Å². The van der Waals surface area contributed by atoms with Gasteiger partial charge in [-0.1, -0.05) is 55.3 Å². The number of hydroxylamine groups is 1. The van der Waals surface area contributed by atoms with Crippen molar-refractivity contribution >= 4 is 28.4 Å². The molecule has 36 heavy (non-hydrogen) atoms. The quantitative estimate of drug-likeness (QED) is 0.116. The van der Waals surface area contributed by atoms with Crippen molar-refractivity contribution in [2.45, 2.75) is 45.6 Å². The predicted octanol–water partition coefficient (Wildman–Crippen LogP) is 5.33. The molecule has 1 amide bonds. The highest BCUT2D eigenvalue weighted by Gasteiger charge is 2.15. The fourth-order valence-electron chi connectivity index (χ4n) is 4.34. The molecular weight excluding hydrogens is 452 g/mol. The predicted molar refractivity (Wildman–Crippen MR) is 143 cm³/mol. The van der Waals surface area contributed by atoms with Gasteiger partial charge in [-0.3, -0.25) is 10.0 Å². The van der Waals surface area contributed by atoms with Gasteiger partial charge in [0.05, 0.1) is 5.39 Å². The number of hydrogen-bond donors (Lipinski definition) is 4. The van der Waals surface area contributed by atoms with Gasteiger partial charge in [0.1, 0.15) is 17.8 Å². The Morgan fingerprint density at radius 1 is 1.00 bits per heavy atom. The monoisotopic (exact) mass is 486 g/mol. The van der Waals surface area contributed by atoms with Crippen LogP contribution < -0.4 is 15.7 Å². The summed E-state index contributed by atoms with van der Waals surface area (Å²) in [5.74, 6) is 0.584. The minimum absolute atomic E-state index is 0.312. The van der Waals surface area contributed by atoms with E-state index in [1.807, 2.05) is 18.2 Å². The summed E-state index contributed by atoms with van der Waals surface area (Å²) in [5, 5.41) is 13.0. The van der Waals surface area contributed by atoms with E-state index in [0.717, 1.165) is 79.1 Å². The second-order valence-corrected chi connectivity index (χ2v) is 8.80. The molecule has 0 aliphatic heterocycles. The molecule has 0 fully saturated rings. The first-order chi connectivity index (χ1) is 17.7. The molecule has 4 aromatic rings. The summed E-state index contributed by atoms with van der Waals surface area (Å²) < 4.78 is 0. The smallest absolute Gasteiger partial charge is 0.243 e. The van der Waals surface area contributed by atoms with Crippen LogP contribution in [-0.2, 0) is 11.3 Å². The molecule has 0 spiro atoms. The number of amides is 1. The van der Waals surface area contributed by atoms with Gasteiger partial charge in [0, 0.05) is 30.9 Å². The highest BCUT2D eigenvalue weighted by Crippen LogP contribution is 2.32. The number of aromatic nitrogens is 3. The van der Waals surface area contributed by atoms with Crippen LogP contribution in [0.25, 0.3) is 22.3 Å². The summed E-state index contributed by atoms with van der Waals surface area (Å²) in [6.45, 7) is 4.68. The lowest BCUT2D eigenvalue weighted by Gasteiger charge is -2.22. The maximum atomic E-state index is 11.0. The van der Waals surface area contributed by atoms with E-state index in [-0.39, 0.29) is 5.91 Å². The lowest BCUT2D eigenvalue weighted by molar-refractivity contribution is -0.129. The Hall–Kier alpha value is -3.75. The summed E-state index contributed by atoms with van der Waals surface area (Å²) >= 11 is 0. The maximum absolute atomic E-state index is 11.0. The molecule has 0 saturated heterocycles. The fourth-order valence-corrected chi connectivity index (χ4v) is 4.34. The number of hydrogen-bond acceptors (Lipinski definition) is 6. The van der Waals surface area contributed by atoms with Crippen molar-refractivity contribution in [2.75, 3.05) is 18.0 Å². The first-order valence-corrected chi connectivity index (χ1v) is 12.6. The average molecular weight is 487 g/mol. The Morgan fingerprint density at radius 2 is 1.78 bits per heavy atom. The summed E-state index contributed by atoms with van der Waals surface area (Å²) in [5.41, 5.74) is 6.96. The van der Waals surface area contributed by atoms with E-state index in [4.69, 9.17) is 5.21 Å².